The lowest BCUT2D eigenvalue weighted by Crippen LogP contribution is -2.48. The van der Waals surface area contributed by atoms with Crippen LogP contribution in [-0.4, -0.2) is 71.8 Å². The van der Waals surface area contributed by atoms with Crippen LogP contribution in [0, 0.1) is 12.7 Å². The Balaban J connectivity index is 1.57. The second-order valence-electron chi connectivity index (χ2n) is 6.80. The molecule has 0 aliphatic carbocycles. The molecule has 1 aromatic carbocycles. The predicted octanol–water partition coefficient (Wildman–Crippen LogP) is 2.25. The van der Waals surface area contributed by atoms with Crippen molar-refractivity contribution in [2.45, 2.75) is 13.5 Å². The number of thiazole rings is 1. The van der Waals surface area contributed by atoms with E-state index in [0.717, 1.165) is 23.8 Å². The SMILES string of the molecule is Cc1nc(CN2CCN(C(=O)c3ccc(F)cc3)CC2)sc1C(=O)N(C)C. The number of carbonyl (C=O) groups excluding carboxylic acids is 2. The summed E-state index contributed by atoms with van der Waals surface area (Å²) in [5.74, 6) is -0.438. The fraction of sp³-hybridized carbons (Fsp3) is 0.421. The first-order valence-corrected chi connectivity index (χ1v) is 9.62. The van der Waals surface area contributed by atoms with E-state index in [9.17, 15) is 14.0 Å². The number of hydrogen-bond acceptors (Lipinski definition) is 5. The van der Waals surface area contributed by atoms with Gasteiger partial charge in [0.05, 0.1) is 12.2 Å². The van der Waals surface area contributed by atoms with Crippen molar-refractivity contribution < 1.29 is 14.0 Å². The van der Waals surface area contributed by atoms with E-state index in [4.69, 9.17) is 0 Å². The Kier molecular flexibility index (Phi) is 5.86. The van der Waals surface area contributed by atoms with E-state index in [1.54, 1.807) is 23.9 Å². The van der Waals surface area contributed by atoms with Gasteiger partial charge < -0.3 is 9.80 Å². The maximum absolute atomic E-state index is 13.0. The molecule has 8 heteroatoms. The highest BCUT2D eigenvalue weighted by Gasteiger charge is 2.24. The Morgan fingerprint density at radius 1 is 1.15 bits per heavy atom. The van der Waals surface area contributed by atoms with E-state index in [2.05, 4.69) is 9.88 Å². The van der Waals surface area contributed by atoms with Gasteiger partial charge in [-0.05, 0) is 31.2 Å². The highest BCUT2D eigenvalue weighted by atomic mass is 32.1. The second kappa shape index (κ2) is 8.14. The van der Waals surface area contributed by atoms with Gasteiger partial charge in [-0.3, -0.25) is 14.5 Å². The van der Waals surface area contributed by atoms with Gasteiger partial charge in [-0.1, -0.05) is 0 Å². The van der Waals surface area contributed by atoms with Crippen molar-refractivity contribution in [2.24, 2.45) is 0 Å². The van der Waals surface area contributed by atoms with Crippen LogP contribution in [0.2, 0.25) is 0 Å². The van der Waals surface area contributed by atoms with Crippen LogP contribution in [0.15, 0.2) is 24.3 Å². The van der Waals surface area contributed by atoms with Crippen molar-refractivity contribution in [2.75, 3.05) is 40.3 Å². The number of benzene rings is 1. The molecule has 0 N–H and O–H groups in total. The average molecular weight is 390 g/mol. The Morgan fingerprint density at radius 3 is 2.37 bits per heavy atom. The van der Waals surface area contributed by atoms with E-state index in [1.807, 2.05) is 6.92 Å². The molecule has 2 amide bonds. The summed E-state index contributed by atoms with van der Waals surface area (Å²) in [4.78, 5) is 35.4. The number of nitrogens with zero attached hydrogens (tertiary/aromatic N) is 4. The Labute approximate surface area is 162 Å². The van der Waals surface area contributed by atoms with E-state index in [1.165, 1.54) is 35.6 Å². The summed E-state index contributed by atoms with van der Waals surface area (Å²) >= 11 is 1.43. The molecule has 2 aromatic rings. The zero-order valence-corrected chi connectivity index (χ0v) is 16.6. The van der Waals surface area contributed by atoms with Gasteiger partial charge in [-0.25, -0.2) is 9.37 Å². The zero-order chi connectivity index (χ0) is 19.6. The largest absolute Gasteiger partial charge is 0.344 e. The fourth-order valence-electron chi connectivity index (χ4n) is 3.00. The lowest BCUT2D eigenvalue weighted by atomic mass is 10.2. The van der Waals surface area contributed by atoms with E-state index < -0.39 is 0 Å². The molecule has 0 saturated carbocycles. The fourth-order valence-corrected chi connectivity index (χ4v) is 4.13. The molecule has 1 aliphatic heterocycles. The van der Waals surface area contributed by atoms with Crippen LogP contribution in [0.25, 0.3) is 0 Å². The molecule has 1 saturated heterocycles. The smallest absolute Gasteiger partial charge is 0.265 e. The summed E-state index contributed by atoms with van der Waals surface area (Å²) in [5.41, 5.74) is 1.27. The summed E-state index contributed by atoms with van der Waals surface area (Å²) in [5, 5.41) is 0.913. The van der Waals surface area contributed by atoms with Gasteiger partial charge in [0.15, 0.2) is 0 Å². The van der Waals surface area contributed by atoms with Gasteiger partial charge in [-0.2, -0.15) is 0 Å². The quantitative estimate of drug-likeness (QED) is 0.804. The molecular weight excluding hydrogens is 367 g/mol. The Bertz CT molecular complexity index is 827. The zero-order valence-electron chi connectivity index (χ0n) is 15.7. The minimum absolute atomic E-state index is 0.0223. The lowest BCUT2D eigenvalue weighted by molar-refractivity contribution is 0.0628. The van der Waals surface area contributed by atoms with Crippen molar-refractivity contribution in [1.29, 1.82) is 0 Å². The van der Waals surface area contributed by atoms with Crippen LogP contribution in [0.1, 0.15) is 30.7 Å². The van der Waals surface area contributed by atoms with Gasteiger partial charge in [0.25, 0.3) is 11.8 Å². The topological polar surface area (TPSA) is 56.8 Å². The molecule has 0 spiro atoms. The molecule has 2 heterocycles. The molecule has 1 fully saturated rings. The van der Waals surface area contributed by atoms with Gasteiger partial charge >= 0.3 is 0 Å². The molecule has 1 aliphatic rings. The first-order valence-electron chi connectivity index (χ1n) is 8.80. The summed E-state index contributed by atoms with van der Waals surface area (Å²) in [6, 6.07) is 5.65. The molecule has 1 aromatic heterocycles. The predicted molar refractivity (Wildman–Crippen MR) is 102 cm³/mol. The van der Waals surface area contributed by atoms with Crippen molar-refractivity contribution in [3.8, 4) is 0 Å². The third-order valence-corrected chi connectivity index (χ3v) is 5.68. The first-order chi connectivity index (χ1) is 12.8. The number of piperazine rings is 1. The van der Waals surface area contributed by atoms with E-state index in [-0.39, 0.29) is 17.6 Å². The lowest BCUT2D eigenvalue weighted by Gasteiger charge is -2.34. The first kappa shape index (κ1) is 19.4. The molecule has 6 nitrogen and oxygen atoms in total. The van der Waals surface area contributed by atoms with Crippen LogP contribution in [-0.2, 0) is 6.54 Å². The van der Waals surface area contributed by atoms with Gasteiger partial charge in [0.2, 0.25) is 0 Å². The Morgan fingerprint density at radius 2 is 1.78 bits per heavy atom. The Hall–Kier alpha value is -2.32. The average Bonchev–Trinajstić information content (AvgIpc) is 3.01. The van der Waals surface area contributed by atoms with Gasteiger partial charge in [0, 0.05) is 45.8 Å². The van der Waals surface area contributed by atoms with Gasteiger partial charge in [0.1, 0.15) is 15.7 Å². The highest BCUT2D eigenvalue weighted by Crippen LogP contribution is 2.21. The molecule has 0 atom stereocenters. The van der Waals surface area contributed by atoms with Crippen LogP contribution in [0.4, 0.5) is 4.39 Å². The number of carbonyl (C=O) groups is 2. The standard InChI is InChI=1S/C19H23FN4O2S/c1-13-17(19(26)22(2)3)27-16(21-13)12-23-8-10-24(11-9-23)18(25)14-4-6-15(20)7-5-14/h4-7H,8-12H2,1-3H3. The molecule has 3 rings (SSSR count). The van der Waals surface area contributed by atoms with E-state index >= 15 is 0 Å². The highest BCUT2D eigenvalue weighted by molar-refractivity contribution is 7.13. The molecular formula is C19H23FN4O2S. The summed E-state index contributed by atoms with van der Waals surface area (Å²) in [7, 11) is 3.47. The van der Waals surface area contributed by atoms with Crippen LogP contribution in [0.5, 0.6) is 0 Å². The van der Waals surface area contributed by atoms with Gasteiger partial charge in [-0.15, -0.1) is 11.3 Å². The van der Waals surface area contributed by atoms with E-state index in [0.29, 0.717) is 30.1 Å². The number of halogens is 1. The molecule has 0 unspecified atom stereocenters. The summed E-state index contributed by atoms with van der Waals surface area (Å²) in [6.45, 7) is 5.24. The minimum atomic E-state index is -0.345. The van der Waals surface area contributed by atoms with Crippen molar-refractivity contribution >= 4 is 23.2 Å². The number of rotatable bonds is 4. The number of aryl methyl sites for hydroxylation is 1. The monoisotopic (exact) mass is 390 g/mol. The maximum Gasteiger partial charge on any atom is 0.265 e. The van der Waals surface area contributed by atoms with Crippen LogP contribution in [0.3, 0.4) is 0 Å². The molecule has 0 bridgehead atoms. The normalized spacial score (nSPS) is 15.0. The van der Waals surface area contributed by atoms with Crippen molar-refractivity contribution in [3.05, 3.63) is 51.2 Å². The van der Waals surface area contributed by atoms with Crippen molar-refractivity contribution in [1.82, 2.24) is 19.7 Å². The number of aromatic nitrogens is 1. The third-order valence-electron chi connectivity index (χ3n) is 4.55. The van der Waals surface area contributed by atoms with Crippen molar-refractivity contribution in [3.63, 3.8) is 0 Å². The number of amides is 2. The summed E-state index contributed by atoms with van der Waals surface area (Å²) < 4.78 is 13.0. The molecule has 144 valence electrons. The molecule has 0 radical (unpaired) electrons. The maximum atomic E-state index is 13.0. The van der Waals surface area contributed by atoms with Crippen LogP contribution >= 0.6 is 11.3 Å². The molecule has 27 heavy (non-hydrogen) atoms. The van der Waals surface area contributed by atoms with Crippen LogP contribution < -0.4 is 0 Å². The number of hydrogen-bond donors (Lipinski definition) is 0. The summed E-state index contributed by atoms with van der Waals surface area (Å²) in [6.07, 6.45) is 0. The second-order valence-corrected chi connectivity index (χ2v) is 7.88. The minimum Gasteiger partial charge on any atom is -0.344 e. The third kappa shape index (κ3) is 4.51.